The molecule has 1 rings (SSSR count). The van der Waals surface area contributed by atoms with E-state index in [1.807, 2.05) is 13.8 Å². The van der Waals surface area contributed by atoms with E-state index < -0.39 is 23.7 Å². The molecule has 0 aliphatic heterocycles. The first-order valence-corrected chi connectivity index (χ1v) is 6.75. The summed E-state index contributed by atoms with van der Waals surface area (Å²) < 4.78 is 23.9. The Morgan fingerprint density at radius 2 is 1.77 bits per heavy atom. The van der Waals surface area contributed by atoms with Gasteiger partial charge in [0.05, 0.1) is 19.8 Å². The van der Waals surface area contributed by atoms with Gasteiger partial charge in [-0.1, -0.05) is 13.8 Å². The standard InChI is InChI=1S/C15H20FNO5/c1-8(2)5-11(15(19)20)17-14(18)9-6-12(21-3)13(22-4)7-10(9)16/h6-8,11H,5H2,1-4H3,(H,17,18)(H,19,20)/t11-/m1/s1. The summed E-state index contributed by atoms with van der Waals surface area (Å²) in [6, 6.07) is 1.11. The summed E-state index contributed by atoms with van der Waals surface area (Å²) in [7, 11) is 2.70. The Bertz CT molecular complexity index is 559. The minimum atomic E-state index is -1.16. The number of methoxy groups -OCH3 is 2. The molecule has 0 aliphatic rings. The summed E-state index contributed by atoms with van der Waals surface area (Å²) in [4.78, 5) is 23.3. The van der Waals surface area contributed by atoms with Crippen LogP contribution in [0.1, 0.15) is 30.6 Å². The van der Waals surface area contributed by atoms with Gasteiger partial charge in [0.25, 0.3) is 5.91 Å². The van der Waals surface area contributed by atoms with Crippen molar-refractivity contribution in [2.24, 2.45) is 5.92 Å². The summed E-state index contributed by atoms with van der Waals surface area (Å²) in [6.45, 7) is 3.66. The highest BCUT2D eigenvalue weighted by Gasteiger charge is 2.24. The van der Waals surface area contributed by atoms with Crippen molar-refractivity contribution in [3.8, 4) is 11.5 Å². The minimum Gasteiger partial charge on any atom is -0.493 e. The lowest BCUT2D eigenvalue weighted by molar-refractivity contribution is -0.139. The lowest BCUT2D eigenvalue weighted by Crippen LogP contribution is -2.41. The van der Waals surface area contributed by atoms with Gasteiger partial charge in [-0.15, -0.1) is 0 Å². The fraction of sp³-hybridized carbons (Fsp3) is 0.467. The van der Waals surface area contributed by atoms with Crippen LogP contribution in [0.15, 0.2) is 12.1 Å². The number of hydrogen-bond acceptors (Lipinski definition) is 4. The molecule has 0 aromatic heterocycles. The highest BCUT2D eigenvalue weighted by molar-refractivity contribution is 5.97. The number of rotatable bonds is 7. The fourth-order valence-electron chi connectivity index (χ4n) is 1.96. The van der Waals surface area contributed by atoms with E-state index in [9.17, 15) is 14.0 Å². The summed E-state index contributed by atoms with van der Waals surface area (Å²) >= 11 is 0. The second-order valence-corrected chi connectivity index (χ2v) is 5.18. The average molecular weight is 313 g/mol. The van der Waals surface area contributed by atoms with Gasteiger partial charge in [-0.05, 0) is 18.4 Å². The summed E-state index contributed by atoms with van der Waals surface area (Å²) in [5, 5.41) is 11.4. The number of carboxylic acid groups (broad SMARTS) is 1. The van der Waals surface area contributed by atoms with Crippen molar-refractivity contribution in [1.29, 1.82) is 0 Å². The van der Waals surface area contributed by atoms with Crippen molar-refractivity contribution in [1.82, 2.24) is 5.32 Å². The van der Waals surface area contributed by atoms with Crippen LogP contribution in [0.5, 0.6) is 11.5 Å². The number of carbonyl (C=O) groups is 2. The van der Waals surface area contributed by atoms with Gasteiger partial charge in [0.15, 0.2) is 11.5 Å². The Balaban J connectivity index is 3.04. The number of ether oxygens (including phenoxy) is 2. The number of amides is 1. The first kappa shape index (κ1) is 17.7. The van der Waals surface area contributed by atoms with E-state index in [1.54, 1.807) is 0 Å². The Morgan fingerprint density at radius 3 is 2.23 bits per heavy atom. The smallest absolute Gasteiger partial charge is 0.326 e. The molecule has 1 amide bonds. The molecule has 0 unspecified atom stereocenters. The maximum atomic E-state index is 14.0. The molecule has 0 bridgehead atoms. The van der Waals surface area contributed by atoms with E-state index in [1.165, 1.54) is 20.3 Å². The van der Waals surface area contributed by atoms with E-state index in [4.69, 9.17) is 14.6 Å². The predicted octanol–water partition coefficient (Wildman–Crippen LogP) is 2.07. The summed E-state index contributed by atoms with van der Waals surface area (Å²) in [5.41, 5.74) is -0.298. The molecule has 0 radical (unpaired) electrons. The molecular formula is C15H20FNO5. The van der Waals surface area contributed by atoms with Gasteiger partial charge in [-0.2, -0.15) is 0 Å². The lowest BCUT2D eigenvalue weighted by atomic mass is 10.0. The Labute approximate surface area is 128 Å². The van der Waals surface area contributed by atoms with Gasteiger partial charge in [0.2, 0.25) is 0 Å². The molecule has 0 saturated carbocycles. The molecule has 1 aromatic carbocycles. The summed E-state index contributed by atoms with van der Waals surface area (Å²) in [6.07, 6.45) is 0.246. The third-order valence-corrected chi connectivity index (χ3v) is 3.03. The van der Waals surface area contributed by atoms with E-state index >= 15 is 0 Å². The lowest BCUT2D eigenvalue weighted by Gasteiger charge is -2.17. The SMILES string of the molecule is COc1cc(F)c(C(=O)N[C@H](CC(C)C)C(=O)O)cc1OC. The number of aliphatic carboxylic acids is 1. The van der Waals surface area contributed by atoms with Crippen LogP contribution in [-0.4, -0.2) is 37.2 Å². The van der Waals surface area contributed by atoms with Crippen LogP contribution in [0.2, 0.25) is 0 Å². The van der Waals surface area contributed by atoms with E-state index in [0.717, 1.165) is 6.07 Å². The van der Waals surface area contributed by atoms with Gasteiger partial charge in [0.1, 0.15) is 11.9 Å². The molecule has 1 aromatic rings. The van der Waals surface area contributed by atoms with Crippen LogP contribution in [0.4, 0.5) is 4.39 Å². The van der Waals surface area contributed by atoms with Gasteiger partial charge in [0, 0.05) is 6.07 Å². The molecule has 122 valence electrons. The largest absolute Gasteiger partial charge is 0.493 e. The maximum Gasteiger partial charge on any atom is 0.326 e. The van der Waals surface area contributed by atoms with Gasteiger partial charge in [-0.25, -0.2) is 9.18 Å². The first-order valence-electron chi connectivity index (χ1n) is 6.75. The zero-order valence-corrected chi connectivity index (χ0v) is 13.0. The maximum absolute atomic E-state index is 14.0. The van der Waals surface area contributed by atoms with Crippen LogP contribution in [-0.2, 0) is 4.79 Å². The Hall–Kier alpha value is -2.31. The molecule has 6 nitrogen and oxygen atoms in total. The fourth-order valence-corrected chi connectivity index (χ4v) is 1.96. The zero-order chi connectivity index (χ0) is 16.9. The minimum absolute atomic E-state index is 0.0663. The van der Waals surface area contributed by atoms with Gasteiger partial charge >= 0.3 is 5.97 Å². The second kappa shape index (κ2) is 7.63. The molecule has 22 heavy (non-hydrogen) atoms. The van der Waals surface area contributed by atoms with Crippen molar-refractivity contribution < 1.29 is 28.6 Å². The van der Waals surface area contributed by atoms with Crippen LogP contribution >= 0.6 is 0 Å². The Morgan fingerprint density at radius 1 is 1.23 bits per heavy atom. The van der Waals surface area contributed by atoms with E-state index in [-0.39, 0.29) is 29.4 Å². The molecule has 0 aliphatic carbocycles. The molecule has 1 atom stereocenters. The van der Waals surface area contributed by atoms with Crippen molar-refractivity contribution in [3.05, 3.63) is 23.5 Å². The molecule has 0 spiro atoms. The molecular weight excluding hydrogens is 293 g/mol. The quantitative estimate of drug-likeness (QED) is 0.805. The third kappa shape index (κ3) is 4.34. The average Bonchev–Trinajstić information content (AvgIpc) is 2.45. The number of hydrogen-bond donors (Lipinski definition) is 2. The van der Waals surface area contributed by atoms with Crippen LogP contribution in [0.3, 0.4) is 0 Å². The topological polar surface area (TPSA) is 84.9 Å². The predicted molar refractivity (Wildman–Crippen MR) is 77.8 cm³/mol. The highest BCUT2D eigenvalue weighted by Crippen LogP contribution is 2.29. The van der Waals surface area contributed by atoms with Crippen molar-refractivity contribution >= 4 is 11.9 Å². The van der Waals surface area contributed by atoms with Crippen molar-refractivity contribution in [2.45, 2.75) is 26.3 Å². The third-order valence-electron chi connectivity index (χ3n) is 3.03. The van der Waals surface area contributed by atoms with Crippen LogP contribution in [0, 0.1) is 11.7 Å². The van der Waals surface area contributed by atoms with Crippen LogP contribution < -0.4 is 14.8 Å². The molecule has 7 heteroatoms. The molecule has 0 heterocycles. The normalized spacial score (nSPS) is 11.9. The molecule has 2 N–H and O–H groups in total. The number of nitrogens with one attached hydrogen (secondary N) is 1. The van der Waals surface area contributed by atoms with Gasteiger partial charge < -0.3 is 19.9 Å². The highest BCUT2D eigenvalue weighted by atomic mass is 19.1. The monoisotopic (exact) mass is 313 g/mol. The van der Waals surface area contributed by atoms with Gasteiger partial charge in [-0.3, -0.25) is 4.79 Å². The van der Waals surface area contributed by atoms with Crippen LogP contribution in [0.25, 0.3) is 0 Å². The first-order chi connectivity index (χ1) is 10.3. The summed E-state index contributed by atoms with van der Waals surface area (Å²) in [5.74, 6) is -2.40. The second-order valence-electron chi connectivity index (χ2n) is 5.18. The number of halogens is 1. The molecule has 0 fully saturated rings. The zero-order valence-electron chi connectivity index (χ0n) is 13.0. The van der Waals surface area contributed by atoms with E-state index in [0.29, 0.717) is 0 Å². The number of carboxylic acids is 1. The number of benzene rings is 1. The van der Waals surface area contributed by atoms with Crippen molar-refractivity contribution in [3.63, 3.8) is 0 Å². The number of carbonyl (C=O) groups excluding carboxylic acids is 1. The van der Waals surface area contributed by atoms with E-state index in [2.05, 4.69) is 5.32 Å². The Kier molecular flexibility index (Phi) is 6.15. The molecule has 0 saturated heterocycles. The van der Waals surface area contributed by atoms with Crippen molar-refractivity contribution in [2.75, 3.05) is 14.2 Å².